The highest BCUT2D eigenvalue weighted by Gasteiger charge is 2.26. The van der Waals surface area contributed by atoms with Gasteiger partial charge >= 0.3 is 0 Å². The minimum Gasteiger partial charge on any atom is -0.295 e. The number of hydrogen-bond donors (Lipinski definition) is 0. The molecule has 2 heterocycles. The summed E-state index contributed by atoms with van der Waals surface area (Å²) in [5, 5.41) is 9.09. The van der Waals surface area contributed by atoms with Crippen LogP contribution in [0.1, 0.15) is 18.5 Å². The van der Waals surface area contributed by atoms with E-state index in [1.54, 1.807) is 12.3 Å². The first-order valence-corrected chi connectivity index (χ1v) is 9.17. The molecule has 120 valence electrons. The van der Waals surface area contributed by atoms with Crippen molar-refractivity contribution in [2.45, 2.75) is 19.4 Å². The lowest BCUT2D eigenvalue weighted by molar-refractivity contribution is 0.180. The number of nitrogens with zero attached hydrogens (tertiary/aromatic N) is 4. The van der Waals surface area contributed by atoms with Crippen LogP contribution in [0.5, 0.6) is 0 Å². The number of aromatic nitrogens is 1. The van der Waals surface area contributed by atoms with Gasteiger partial charge in [-0.2, -0.15) is 9.57 Å². The lowest BCUT2D eigenvalue weighted by Crippen LogP contribution is -2.48. The Morgan fingerprint density at radius 1 is 1.27 bits per heavy atom. The van der Waals surface area contributed by atoms with Crippen LogP contribution in [0.4, 0.5) is 0 Å². The monoisotopic (exact) mass is 342 g/mol. The number of rotatable bonds is 6. The van der Waals surface area contributed by atoms with E-state index in [2.05, 4.69) is 9.88 Å². The molecule has 0 radical (unpaired) electrons. The Hall–Kier alpha value is -1.20. The first-order chi connectivity index (χ1) is 10.5. The smallest absolute Gasteiger partial charge is 0.214 e. The third-order valence-corrected chi connectivity index (χ3v) is 5.77. The van der Waals surface area contributed by atoms with E-state index >= 15 is 0 Å². The average molecular weight is 343 g/mol. The molecule has 0 aliphatic carbocycles. The van der Waals surface area contributed by atoms with Crippen molar-refractivity contribution in [3.63, 3.8) is 0 Å². The molecule has 1 aliphatic rings. The molecule has 6 nitrogen and oxygen atoms in total. The van der Waals surface area contributed by atoms with Crippen molar-refractivity contribution in [2.24, 2.45) is 0 Å². The number of halogens is 1. The molecular formula is C14H19ClN4O2S. The van der Waals surface area contributed by atoms with Crippen molar-refractivity contribution >= 4 is 21.6 Å². The minimum atomic E-state index is -3.23. The van der Waals surface area contributed by atoms with Crippen molar-refractivity contribution in [1.82, 2.24) is 14.2 Å². The van der Waals surface area contributed by atoms with Crippen LogP contribution in [-0.2, 0) is 16.6 Å². The molecule has 1 aliphatic heterocycles. The predicted octanol–water partition coefficient (Wildman–Crippen LogP) is 1.49. The minimum absolute atomic E-state index is 0.0549. The van der Waals surface area contributed by atoms with E-state index < -0.39 is 10.0 Å². The molecular weight excluding hydrogens is 324 g/mol. The van der Waals surface area contributed by atoms with E-state index in [9.17, 15) is 8.42 Å². The van der Waals surface area contributed by atoms with Crippen molar-refractivity contribution in [2.75, 3.05) is 31.9 Å². The lowest BCUT2D eigenvalue weighted by atomic mass is 10.3. The predicted molar refractivity (Wildman–Crippen MR) is 84.7 cm³/mol. The molecule has 1 aromatic heterocycles. The molecule has 0 atom stereocenters. The summed E-state index contributed by atoms with van der Waals surface area (Å²) in [6, 6.07) is 5.66. The molecule has 0 spiro atoms. The molecule has 1 saturated heterocycles. The van der Waals surface area contributed by atoms with Crippen molar-refractivity contribution in [3.8, 4) is 6.07 Å². The van der Waals surface area contributed by atoms with Gasteiger partial charge in [0.1, 0.15) is 0 Å². The third-order valence-electron chi connectivity index (χ3n) is 3.59. The maximum atomic E-state index is 12.1. The molecule has 8 heteroatoms. The maximum Gasteiger partial charge on any atom is 0.214 e. The fraction of sp³-hybridized carbons (Fsp3) is 0.571. The molecule has 0 amide bonds. The first-order valence-electron chi connectivity index (χ1n) is 7.19. The fourth-order valence-corrected chi connectivity index (χ4v) is 3.96. The highest BCUT2D eigenvalue weighted by Crippen LogP contribution is 2.13. The molecule has 0 unspecified atom stereocenters. The van der Waals surface area contributed by atoms with Gasteiger partial charge < -0.3 is 0 Å². The summed E-state index contributed by atoms with van der Waals surface area (Å²) >= 11 is 5.81. The van der Waals surface area contributed by atoms with E-state index in [1.807, 2.05) is 12.1 Å². The summed E-state index contributed by atoms with van der Waals surface area (Å²) in [5.74, 6) is 0.0549. The highest BCUT2D eigenvalue weighted by atomic mass is 35.5. The van der Waals surface area contributed by atoms with Gasteiger partial charge in [-0.15, -0.1) is 0 Å². The molecule has 2 rings (SSSR count). The highest BCUT2D eigenvalue weighted by molar-refractivity contribution is 7.89. The second kappa shape index (κ2) is 7.88. The van der Waals surface area contributed by atoms with E-state index in [4.69, 9.17) is 16.9 Å². The van der Waals surface area contributed by atoms with Crippen molar-refractivity contribution < 1.29 is 8.42 Å². The van der Waals surface area contributed by atoms with Gasteiger partial charge in [0, 0.05) is 45.3 Å². The summed E-state index contributed by atoms with van der Waals surface area (Å²) in [4.78, 5) is 6.43. The number of nitriles is 1. The molecule has 0 saturated carbocycles. The first kappa shape index (κ1) is 17.2. The van der Waals surface area contributed by atoms with Gasteiger partial charge in [0.05, 0.1) is 22.5 Å². The Balaban J connectivity index is 1.82. The molecule has 1 aromatic rings. The standard InChI is InChI=1S/C14H19ClN4O2S/c15-13-3-4-14(17-11-13)12-18-6-8-19(9-7-18)22(20,21)10-2-1-5-16/h3-4,11H,1-2,6-10,12H2. The SMILES string of the molecule is N#CCCCS(=O)(=O)N1CCN(Cc2ccc(Cl)cn2)CC1. The topological polar surface area (TPSA) is 77.3 Å². The number of piperazine rings is 1. The quantitative estimate of drug-likeness (QED) is 0.732. The number of hydrogen-bond acceptors (Lipinski definition) is 5. The van der Waals surface area contributed by atoms with Gasteiger partial charge in [-0.25, -0.2) is 8.42 Å². The molecule has 0 aromatic carbocycles. The lowest BCUT2D eigenvalue weighted by Gasteiger charge is -2.33. The summed E-state index contributed by atoms with van der Waals surface area (Å²) < 4.78 is 25.8. The average Bonchev–Trinajstić information content (AvgIpc) is 2.50. The Labute approximate surface area is 136 Å². The van der Waals surface area contributed by atoms with Gasteiger partial charge in [-0.1, -0.05) is 11.6 Å². The Morgan fingerprint density at radius 2 is 2.00 bits per heavy atom. The van der Waals surface area contributed by atoms with Crippen LogP contribution < -0.4 is 0 Å². The fourth-order valence-electron chi connectivity index (χ4n) is 2.36. The Kier molecular flexibility index (Phi) is 6.15. The van der Waals surface area contributed by atoms with E-state index in [0.29, 0.717) is 44.2 Å². The van der Waals surface area contributed by atoms with Crippen LogP contribution in [0.25, 0.3) is 0 Å². The second-order valence-corrected chi connectivity index (χ2v) is 7.75. The summed E-state index contributed by atoms with van der Waals surface area (Å²) in [6.07, 6.45) is 2.29. The van der Waals surface area contributed by atoms with Gasteiger partial charge in [0.2, 0.25) is 10.0 Å². The molecule has 0 N–H and O–H groups in total. The van der Waals surface area contributed by atoms with Gasteiger partial charge in [0.15, 0.2) is 0 Å². The van der Waals surface area contributed by atoms with Crippen molar-refractivity contribution in [3.05, 3.63) is 29.0 Å². The molecule has 0 bridgehead atoms. The van der Waals surface area contributed by atoms with Crippen LogP contribution in [0.3, 0.4) is 0 Å². The summed E-state index contributed by atoms with van der Waals surface area (Å²) in [5.41, 5.74) is 0.926. The van der Waals surface area contributed by atoms with Crippen LogP contribution >= 0.6 is 11.6 Å². The van der Waals surface area contributed by atoms with E-state index in [1.165, 1.54) is 4.31 Å². The summed E-state index contributed by atoms with van der Waals surface area (Å²) in [7, 11) is -3.23. The van der Waals surface area contributed by atoms with Gasteiger partial charge in [-0.05, 0) is 18.6 Å². The number of pyridine rings is 1. The van der Waals surface area contributed by atoms with E-state index in [-0.39, 0.29) is 12.2 Å². The van der Waals surface area contributed by atoms with Crippen molar-refractivity contribution in [1.29, 1.82) is 5.26 Å². The summed E-state index contributed by atoms with van der Waals surface area (Å²) in [6.45, 7) is 3.04. The zero-order chi connectivity index (χ0) is 16.0. The maximum absolute atomic E-state index is 12.1. The van der Waals surface area contributed by atoms with Crippen LogP contribution in [0.15, 0.2) is 18.3 Å². The van der Waals surface area contributed by atoms with Crippen LogP contribution in [0, 0.1) is 11.3 Å². The number of unbranched alkanes of at least 4 members (excludes halogenated alkanes) is 1. The molecule has 1 fully saturated rings. The Morgan fingerprint density at radius 3 is 2.59 bits per heavy atom. The normalized spacial score (nSPS) is 17.3. The zero-order valence-corrected chi connectivity index (χ0v) is 13.9. The zero-order valence-electron chi connectivity index (χ0n) is 12.3. The second-order valence-electron chi connectivity index (χ2n) is 5.22. The Bertz CT molecular complexity index is 619. The molecule has 22 heavy (non-hydrogen) atoms. The van der Waals surface area contributed by atoms with Gasteiger partial charge in [-0.3, -0.25) is 9.88 Å². The van der Waals surface area contributed by atoms with Crippen LogP contribution in [-0.4, -0.2) is 54.5 Å². The third kappa shape index (κ3) is 4.92. The largest absolute Gasteiger partial charge is 0.295 e. The number of sulfonamides is 1. The van der Waals surface area contributed by atoms with Crippen LogP contribution in [0.2, 0.25) is 5.02 Å². The van der Waals surface area contributed by atoms with Gasteiger partial charge in [0.25, 0.3) is 0 Å². The van der Waals surface area contributed by atoms with E-state index in [0.717, 1.165) is 5.69 Å².